The molecule has 3 heteroatoms. The van der Waals surface area contributed by atoms with Crippen molar-refractivity contribution in [3.05, 3.63) is 18.0 Å². The molecular formula is C14H21ClN2. The molecule has 0 saturated heterocycles. The molecule has 0 radical (unpaired) electrons. The molecule has 1 aromatic rings. The summed E-state index contributed by atoms with van der Waals surface area (Å²) >= 11 is 6.24. The van der Waals surface area contributed by atoms with E-state index in [2.05, 4.69) is 31.2 Å². The van der Waals surface area contributed by atoms with Crippen LogP contribution in [0.2, 0.25) is 0 Å². The molecular weight excluding hydrogens is 232 g/mol. The van der Waals surface area contributed by atoms with E-state index in [1.54, 1.807) is 0 Å². The Kier molecular flexibility index (Phi) is 2.73. The topological polar surface area (TPSA) is 17.8 Å². The summed E-state index contributed by atoms with van der Waals surface area (Å²) in [6.07, 6.45) is 7.28. The summed E-state index contributed by atoms with van der Waals surface area (Å²) in [5, 5.41) is 4.66. The van der Waals surface area contributed by atoms with Gasteiger partial charge in [-0.1, -0.05) is 0 Å². The molecule has 0 bridgehead atoms. The Morgan fingerprint density at radius 3 is 2.71 bits per heavy atom. The van der Waals surface area contributed by atoms with Gasteiger partial charge in [-0.3, -0.25) is 4.68 Å². The Bertz CT molecular complexity index is 400. The second-order valence-corrected chi connectivity index (χ2v) is 6.62. The van der Waals surface area contributed by atoms with Crippen molar-refractivity contribution in [1.82, 2.24) is 9.78 Å². The van der Waals surface area contributed by atoms with Crippen LogP contribution in [0.15, 0.2) is 12.3 Å². The average Bonchev–Trinajstić information content (AvgIpc) is 2.77. The van der Waals surface area contributed by atoms with Crippen molar-refractivity contribution in [3.8, 4) is 0 Å². The van der Waals surface area contributed by atoms with Crippen LogP contribution in [0.5, 0.6) is 0 Å². The van der Waals surface area contributed by atoms with Gasteiger partial charge in [-0.05, 0) is 62.8 Å². The molecule has 3 rings (SSSR count). The summed E-state index contributed by atoms with van der Waals surface area (Å²) in [4.78, 5) is 0. The highest BCUT2D eigenvalue weighted by Gasteiger charge is 2.53. The highest BCUT2D eigenvalue weighted by atomic mass is 35.5. The Morgan fingerprint density at radius 1 is 1.47 bits per heavy atom. The molecule has 1 aromatic heterocycles. The molecule has 2 unspecified atom stereocenters. The molecule has 0 aromatic carbocycles. The lowest BCUT2D eigenvalue weighted by molar-refractivity contribution is 0.298. The van der Waals surface area contributed by atoms with Gasteiger partial charge in [0.1, 0.15) is 0 Å². The van der Waals surface area contributed by atoms with Crippen molar-refractivity contribution in [3.63, 3.8) is 0 Å². The first-order valence-electron chi connectivity index (χ1n) is 6.72. The van der Waals surface area contributed by atoms with E-state index in [9.17, 15) is 0 Å². The molecule has 2 fully saturated rings. The zero-order valence-electron chi connectivity index (χ0n) is 10.7. The summed E-state index contributed by atoms with van der Waals surface area (Å²) in [5.41, 5.74) is 1.58. The Morgan fingerprint density at radius 2 is 2.18 bits per heavy atom. The standard InChI is InChI=1S/C14H21ClN2/c1-10(2)17-4-3-13(16-17)8-14(9-15)6-11-5-12(11)7-14/h3-4,10-12H,5-9H2,1-2H3. The number of hydrogen-bond acceptors (Lipinski definition) is 1. The fraction of sp³-hybridized carbons (Fsp3) is 0.786. The van der Waals surface area contributed by atoms with E-state index in [1.165, 1.54) is 25.0 Å². The van der Waals surface area contributed by atoms with Gasteiger partial charge in [0.25, 0.3) is 0 Å². The molecule has 0 amide bonds. The lowest BCUT2D eigenvalue weighted by atomic mass is 9.81. The van der Waals surface area contributed by atoms with Gasteiger partial charge in [0.05, 0.1) is 5.69 Å². The van der Waals surface area contributed by atoms with E-state index in [4.69, 9.17) is 11.6 Å². The van der Waals surface area contributed by atoms with E-state index in [0.29, 0.717) is 11.5 Å². The lowest BCUT2D eigenvalue weighted by Crippen LogP contribution is -2.24. The molecule has 2 saturated carbocycles. The summed E-state index contributed by atoms with van der Waals surface area (Å²) in [7, 11) is 0. The van der Waals surface area contributed by atoms with Crippen molar-refractivity contribution >= 4 is 11.6 Å². The molecule has 0 N–H and O–H groups in total. The van der Waals surface area contributed by atoms with Gasteiger partial charge < -0.3 is 0 Å². The zero-order valence-corrected chi connectivity index (χ0v) is 11.5. The zero-order chi connectivity index (χ0) is 12.0. The van der Waals surface area contributed by atoms with Crippen LogP contribution in [-0.2, 0) is 6.42 Å². The van der Waals surface area contributed by atoms with E-state index >= 15 is 0 Å². The molecule has 94 valence electrons. The molecule has 0 spiro atoms. The lowest BCUT2D eigenvalue weighted by Gasteiger charge is -2.27. The summed E-state index contributed by atoms with van der Waals surface area (Å²) in [5.74, 6) is 2.77. The maximum atomic E-state index is 6.24. The fourth-order valence-corrected chi connectivity index (χ4v) is 3.76. The van der Waals surface area contributed by atoms with Crippen LogP contribution < -0.4 is 0 Å². The van der Waals surface area contributed by atoms with Crippen LogP contribution in [0.4, 0.5) is 0 Å². The number of halogens is 1. The average molecular weight is 253 g/mol. The second-order valence-electron chi connectivity index (χ2n) is 6.36. The Balaban J connectivity index is 1.72. The molecule has 2 aliphatic rings. The van der Waals surface area contributed by atoms with Gasteiger partial charge in [-0.25, -0.2) is 0 Å². The number of nitrogens with zero attached hydrogens (tertiary/aromatic N) is 2. The van der Waals surface area contributed by atoms with E-state index in [-0.39, 0.29) is 0 Å². The first-order chi connectivity index (χ1) is 8.12. The number of rotatable bonds is 4. The van der Waals surface area contributed by atoms with E-state index < -0.39 is 0 Å². The Labute approximate surface area is 108 Å². The van der Waals surface area contributed by atoms with E-state index in [1.807, 2.05) is 4.68 Å². The van der Waals surface area contributed by atoms with Gasteiger partial charge in [-0.15, -0.1) is 11.6 Å². The number of aromatic nitrogens is 2. The Hall–Kier alpha value is -0.500. The predicted octanol–water partition coefficient (Wildman–Crippen LogP) is 3.66. The monoisotopic (exact) mass is 252 g/mol. The summed E-state index contributed by atoms with van der Waals surface area (Å²) < 4.78 is 2.05. The molecule has 2 atom stereocenters. The second kappa shape index (κ2) is 4.01. The summed E-state index contributed by atoms with van der Waals surface area (Å²) in [6.45, 7) is 4.33. The van der Waals surface area contributed by atoms with Crippen LogP contribution in [0, 0.1) is 17.3 Å². The predicted molar refractivity (Wildman–Crippen MR) is 70.3 cm³/mol. The smallest absolute Gasteiger partial charge is 0.0630 e. The van der Waals surface area contributed by atoms with E-state index in [0.717, 1.165) is 24.1 Å². The third-order valence-corrected chi connectivity index (χ3v) is 5.06. The van der Waals surface area contributed by atoms with Gasteiger partial charge in [0.15, 0.2) is 0 Å². The van der Waals surface area contributed by atoms with Crippen LogP contribution in [0.1, 0.15) is 44.8 Å². The molecule has 2 nitrogen and oxygen atoms in total. The van der Waals surface area contributed by atoms with Crippen molar-refractivity contribution in [2.75, 3.05) is 5.88 Å². The highest BCUT2D eigenvalue weighted by Crippen LogP contribution is 2.61. The SMILES string of the molecule is CC(C)n1ccc(CC2(CCl)CC3CC3C2)n1. The van der Waals surface area contributed by atoms with Gasteiger partial charge >= 0.3 is 0 Å². The number of fused-ring (bicyclic) bond motifs is 1. The molecule has 2 aliphatic carbocycles. The van der Waals surface area contributed by atoms with Crippen LogP contribution in [-0.4, -0.2) is 15.7 Å². The first-order valence-corrected chi connectivity index (χ1v) is 7.25. The van der Waals surface area contributed by atoms with Gasteiger partial charge in [-0.2, -0.15) is 5.10 Å². The van der Waals surface area contributed by atoms with Crippen LogP contribution in [0.3, 0.4) is 0 Å². The maximum Gasteiger partial charge on any atom is 0.0630 e. The van der Waals surface area contributed by atoms with Crippen LogP contribution >= 0.6 is 11.6 Å². The normalized spacial score (nSPS) is 35.3. The van der Waals surface area contributed by atoms with Crippen molar-refractivity contribution < 1.29 is 0 Å². The number of alkyl halides is 1. The fourth-order valence-electron chi connectivity index (χ4n) is 3.45. The minimum Gasteiger partial charge on any atom is -0.270 e. The third-order valence-electron chi connectivity index (χ3n) is 4.49. The van der Waals surface area contributed by atoms with Crippen molar-refractivity contribution in [2.24, 2.45) is 17.3 Å². The molecule has 17 heavy (non-hydrogen) atoms. The highest BCUT2D eigenvalue weighted by molar-refractivity contribution is 6.18. The van der Waals surface area contributed by atoms with Crippen molar-refractivity contribution in [2.45, 2.75) is 45.6 Å². The van der Waals surface area contributed by atoms with Gasteiger partial charge in [0, 0.05) is 18.1 Å². The van der Waals surface area contributed by atoms with Crippen LogP contribution in [0.25, 0.3) is 0 Å². The minimum atomic E-state index is 0.352. The molecule has 1 heterocycles. The first kappa shape index (κ1) is 11.6. The van der Waals surface area contributed by atoms with Crippen molar-refractivity contribution in [1.29, 1.82) is 0 Å². The largest absolute Gasteiger partial charge is 0.270 e. The quantitative estimate of drug-likeness (QED) is 0.748. The summed E-state index contributed by atoms with van der Waals surface area (Å²) in [6, 6.07) is 2.62. The third kappa shape index (κ3) is 2.12. The van der Waals surface area contributed by atoms with Gasteiger partial charge in [0.2, 0.25) is 0 Å². The number of hydrogen-bond donors (Lipinski definition) is 0. The molecule has 0 aliphatic heterocycles. The minimum absolute atomic E-state index is 0.352. The maximum absolute atomic E-state index is 6.24.